The van der Waals surface area contributed by atoms with Crippen LogP contribution in [0.3, 0.4) is 0 Å². The van der Waals surface area contributed by atoms with Crippen LogP contribution in [-0.2, 0) is 0 Å². The van der Waals surface area contributed by atoms with E-state index in [1.54, 1.807) is 6.07 Å². The highest BCUT2D eigenvalue weighted by molar-refractivity contribution is 6.31. The van der Waals surface area contributed by atoms with Gasteiger partial charge in [-0.15, -0.1) is 0 Å². The molecule has 0 N–H and O–H groups in total. The predicted molar refractivity (Wildman–Crippen MR) is 71.5 cm³/mol. The fourth-order valence-corrected chi connectivity index (χ4v) is 2.38. The first kappa shape index (κ1) is 13.2. The third kappa shape index (κ3) is 2.62. The van der Waals surface area contributed by atoms with E-state index < -0.39 is 5.82 Å². The largest absolute Gasteiger partial charge is 0.236 e. The van der Waals surface area contributed by atoms with Crippen molar-refractivity contribution in [1.82, 2.24) is 9.97 Å². The summed E-state index contributed by atoms with van der Waals surface area (Å²) in [6.45, 7) is 3.96. The zero-order valence-electron chi connectivity index (χ0n) is 9.92. The van der Waals surface area contributed by atoms with Crippen molar-refractivity contribution in [2.24, 2.45) is 0 Å². The van der Waals surface area contributed by atoms with Crippen molar-refractivity contribution >= 4 is 23.2 Å². The number of hydrogen-bond acceptors (Lipinski definition) is 2. The van der Waals surface area contributed by atoms with Gasteiger partial charge >= 0.3 is 0 Å². The minimum atomic E-state index is -0.401. The Labute approximate surface area is 115 Å². The molecule has 0 spiro atoms. The number of nitrogens with zero attached hydrogens (tertiary/aromatic N) is 2. The van der Waals surface area contributed by atoms with Gasteiger partial charge in [0.05, 0.1) is 5.69 Å². The Balaban J connectivity index is 2.67. The Morgan fingerprint density at radius 3 is 2.44 bits per heavy atom. The first-order valence-electron chi connectivity index (χ1n) is 5.46. The topological polar surface area (TPSA) is 25.8 Å². The standard InChI is InChI=1S/C13H11Cl2FN2/c1-7(2)11-12(17-6-18-13(11)15)8-3-9(14)5-10(16)4-8/h3-7H,1-2H3. The Kier molecular flexibility index (Phi) is 3.83. The number of rotatable bonds is 2. The molecule has 0 fully saturated rings. The number of hydrogen-bond donors (Lipinski definition) is 0. The SMILES string of the molecule is CC(C)c1c(Cl)ncnc1-c1cc(F)cc(Cl)c1. The van der Waals surface area contributed by atoms with E-state index in [2.05, 4.69) is 9.97 Å². The van der Waals surface area contributed by atoms with Crippen LogP contribution < -0.4 is 0 Å². The fourth-order valence-electron chi connectivity index (χ4n) is 1.81. The molecule has 0 unspecified atom stereocenters. The van der Waals surface area contributed by atoms with Crippen molar-refractivity contribution < 1.29 is 4.39 Å². The summed E-state index contributed by atoms with van der Waals surface area (Å²) in [5.74, 6) is -0.266. The van der Waals surface area contributed by atoms with Crippen LogP contribution in [0.25, 0.3) is 11.3 Å². The second kappa shape index (κ2) is 5.21. The maximum atomic E-state index is 13.4. The van der Waals surface area contributed by atoms with Gasteiger partial charge in [-0.2, -0.15) is 0 Å². The average Bonchev–Trinajstić information content (AvgIpc) is 2.26. The van der Waals surface area contributed by atoms with Crippen molar-refractivity contribution in [3.63, 3.8) is 0 Å². The molecule has 2 aromatic rings. The summed E-state index contributed by atoms with van der Waals surface area (Å²) in [5.41, 5.74) is 2.01. The maximum absolute atomic E-state index is 13.4. The molecule has 0 aliphatic heterocycles. The average molecular weight is 285 g/mol. The molecule has 0 aliphatic carbocycles. The molecule has 18 heavy (non-hydrogen) atoms. The maximum Gasteiger partial charge on any atom is 0.136 e. The molecular formula is C13H11Cl2FN2. The first-order valence-corrected chi connectivity index (χ1v) is 6.21. The van der Waals surface area contributed by atoms with Gasteiger partial charge in [-0.25, -0.2) is 14.4 Å². The second-order valence-corrected chi connectivity index (χ2v) is 5.03. The molecule has 0 bridgehead atoms. The lowest BCUT2D eigenvalue weighted by Crippen LogP contribution is -1.99. The molecule has 2 rings (SSSR count). The number of halogens is 3. The van der Waals surface area contributed by atoms with Crippen LogP contribution >= 0.6 is 23.2 Å². The molecule has 0 aliphatic rings. The van der Waals surface area contributed by atoms with E-state index in [0.29, 0.717) is 21.4 Å². The fraction of sp³-hybridized carbons (Fsp3) is 0.231. The van der Waals surface area contributed by atoms with Gasteiger partial charge in [0.15, 0.2) is 0 Å². The lowest BCUT2D eigenvalue weighted by Gasteiger charge is -2.13. The smallest absolute Gasteiger partial charge is 0.136 e. The van der Waals surface area contributed by atoms with Gasteiger partial charge in [-0.05, 0) is 24.1 Å². The van der Waals surface area contributed by atoms with Crippen LogP contribution in [0.1, 0.15) is 25.3 Å². The van der Waals surface area contributed by atoms with Gasteiger partial charge in [0.25, 0.3) is 0 Å². The molecular weight excluding hydrogens is 274 g/mol. The predicted octanol–water partition coefficient (Wildman–Crippen LogP) is 4.71. The van der Waals surface area contributed by atoms with Gasteiger partial charge in [0.1, 0.15) is 17.3 Å². The van der Waals surface area contributed by atoms with Crippen molar-refractivity contribution in [1.29, 1.82) is 0 Å². The van der Waals surface area contributed by atoms with E-state index >= 15 is 0 Å². The summed E-state index contributed by atoms with van der Waals surface area (Å²) in [7, 11) is 0. The number of benzene rings is 1. The van der Waals surface area contributed by atoms with E-state index in [4.69, 9.17) is 23.2 Å². The van der Waals surface area contributed by atoms with Crippen LogP contribution in [0.5, 0.6) is 0 Å². The zero-order valence-corrected chi connectivity index (χ0v) is 11.4. The summed E-state index contributed by atoms with van der Waals surface area (Å²) in [5, 5.41) is 0.713. The molecule has 0 atom stereocenters. The lowest BCUT2D eigenvalue weighted by atomic mass is 9.98. The third-order valence-corrected chi connectivity index (χ3v) is 3.07. The van der Waals surface area contributed by atoms with Gasteiger partial charge in [0, 0.05) is 16.1 Å². The molecule has 1 aromatic carbocycles. The molecule has 0 amide bonds. The van der Waals surface area contributed by atoms with Crippen LogP contribution in [0.4, 0.5) is 4.39 Å². The summed E-state index contributed by atoms with van der Waals surface area (Å²) >= 11 is 11.9. The molecule has 1 aromatic heterocycles. The van der Waals surface area contributed by atoms with Crippen molar-refractivity contribution in [2.75, 3.05) is 0 Å². The minimum Gasteiger partial charge on any atom is -0.236 e. The second-order valence-electron chi connectivity index (χ2n) is 4.24. The van der Waals surface area contributed by atoms with Crippen LogP contribution in [-0.4, -0.2) is 9.97 Å². The molecule has 2 nitrogen and oxygen atoms in total. The van der Waals surface area contributed by atoms with E-state index in [1.165, 1.54) is 18.5 Å². The van der Waals surface area contributed by atoms with E-state index in [1.807, 2.05) is 13.8 Å². The first-order chi connectivity index (χ1) is 8.49. The zero-order chi connectivity index (χ0) is 13.3. The van der Waals surface area contributed by atoms with Crippen LogP contribution in [0.2, 0.25) is 10.2 Å². The Bertz CT molecular complexity index is 565. The monoisotopic (exact) mass is 284 g/mol. The molecule has 0 radical (unpaired) electrons. The van der Waals surface area contributed by atoms with Crippen LogP contribution in [0.15, 0.2) is 24.5 Å². The van der Waals surface area contributed by atoms with E-state index in [0.717, 1.165) is 5.56 Å². The Morgan fingerprint density at radius 1 is 1.11 bits per heavy atom. The van der Waals surface area contributed by atoms with E-state index in [9.17, 15) is 4.39 Å². The Hall–Kier alpha value is -1.19. The summed E-state index contributed by atoms with van der Waals surface area (Å²) in [4.78, 5) is 8.15. The summed E-state index contributed by atoms with van der Waals surface area (Å²) < 4.78 is 13.4. The van der Waals surface area contributed by atoms with E-state index in [-0.39, 0.29) is 5.92 Å². The minimum absolute atomic E-state index is 0.135. The highest BCUT2D eigenvalue weighted by Gasteiger charge is 2.15. The third-order valence-electron chi connectivity index (χ3n) is 2.55. The van der Waals surface area contributed by atoms with Gasteiger partial charge in [-0.3, -0.25) is 0 Å². The Morgan fingerprint density at radius 2 is 1.83 bits per heavy atom. The quantitative estimate of drug-likeness (QED) is 0.746. The molecule has 1 heterocycles. The molecule has 0 saturated carbocycles. The highest BCUT2D eigenvalue weighted by atomic mass is 35.5. The van der Waals surface area contributed by atoms with Gasteiger partial charge < -0.3 is 0 Å². The number of aromatic nitrogens is 2. The van der Waals surface area contributed by atoms with Gasteiger partial charge in [-0.1, -0.05) is 37.0 Å². The lowest BCUT2D eigenvalue weighted by molar-refractivity contribution is 0.628. The van der Waals surface area contributed by atoms with Crippen LogP contribution in [0, 0.1) is 5.82 Å². The summed E-state index contributed by atoms with van der Waals surface area (Å²) in [6, 6.07) is 4.30. The normalized spacial score (nSPS) is 11.0. The van der Waals surface area contributed by atoms with Crippen molar-refractivity contribution in [2.45, 2.75) is 19.8 Å². The van der Waals surface area contributed by atoms with Gasteiger partial charge in [0.2, 0.25) is 0 Å². The molecule has 5 heteroatoms. The highest BCUT2D eigenvalue weighted by Crippen LogP contribution is 2.32. The summed E-state index contributed by atoms with van der Waals surface area (Å²) in [6.07, 6.45) is 1.36. The molecule has 94 valence electrons. The van der Waals surface area contributed by atoms with Crippen molar-refractivity contribution in [3.8, 4) is 11.3 Å². The van der Waals surface area contributed by atoms with Crippen molar-refractivity contribution in [3.05, 3.63) is 46.1 Å². The molecule has 0 saturated heterocycles.